The molecule has 0 aromatic heterocycles. The first kappa shape index (κ1) is 23.8. The van der Waals surface area contributed by atoms with Gasteiger partial charge in [-0.05, 0) is 76.3 Å². The Morgan fingerprint density at radius 3 is 2.56 bits per heavy atom. The van der Waals surface area contributed by atoms with Gasteiger partial charge in [-0.1, -0.05) is 47.5 Å². The van der Waals surface area contributed by atoms with Crippen LogP contribution in [0.15, 0.2) is 64.2 Å². The third-order valence-electron chi connectivity index (χ3n) is 4.80. The van der Waals surface area contributed by atoms with Crippen LogP contribution < -0.4 is 14.9 Å². The second kappa shape index (κ2) is 11.2. The van der Waals surface area contributed by atoms with Crippen LogP contribution in [0.2, 0.25) is 5.02 Å². The minimum atomic E-state index is -0.179. The number of halogens is 2. The van der Waals surface area contributed by atoms with Crippen LogP contribution in [-0.4, -0.2) is 19.2 Å². The van der Waals surface area contributed by atoms with E-state index in [9.17, 15) is 4.79 Å². The van der Waals surface area contributed by atoms with Gasteiger partial charge in [-0.3, -0.25) is 4.79 Å². The summed E-state index contributed by atoms with van der Waals surface area (Å²) in [5.74, 6) is 0.956. The number of hydrogen-bond acceptors (Lipinski definition) is 4. The average molecular weight is 516 g/mol. The van der Waals surface area contributed by atoms with Crippen LogP contribution in [0.3, 0.4) is 0 Å². The molecular formula is C25H24BrClN2O3. The number of benzene rings is 3. The molecule has 0 atom stereocenters. The third kappa shape index (κ3) is 6.58. The van der Waals surface area contributed by atoms with Crippen molar-refractivity contribution in [3.63, 3.8) is 0 Å². The van der Waals surface area contributed by atoms with E-state index in [1.165, 1.54) is 5.56 Å². The van der Waals surface area contributed by atoms with Gasteiger partial charge in [-0.2, -0.15) is 5.10 Å². The molecule has 0 bridgehead atoms. The molecule has 1 amide bonds. The normalized spacial score (nSPS) is 10.9. The molecule has 0 heterocycles. The molecule has 0 unspecified atom stereocenters. The van der Waals surface area contributed by atoms with E-state index in [4.69, 9.17) is 21.1 Å². The summed E-state index contributed by atoms with van der Waals surface area (Å²) in [6.07, 6.45) is 1.84. The molecular weight excluding hydrogens is 492 g/mol. The van der Waals surface area contributed by atoms with Crippen LogP contribution in [0.1, 0.15) is 27.8 Å². The minimum absolute atomic E-state index is 0.179. The molecule has 0 saturated carbocycles. The van der Waals surface area contributed by atoms with E-state index >= 15 is 0 Å². The lowest BCUT2D eigenvalue weighted by Gasteiger charge is -2.13. The molecule has 3 aromatic carbocycles. The molecule has 0 saturated heterocycles. The van der Waals surface area contributed by atoms with Gasteiger partial charge in [0.2, 0.25) is 5.91 Å². The second-order valence-electron chi connectivity index (χ2n) is 7.35. The van der Waals surface area contributed by atoms with E-state index < -0.39 is 0 Å². The molecule has 0 aliphatic carbocycles. The maximum Gasteiger partial charge on any atom is 0.244 e. The lowest BCUT2D eigenvalue weighted by Crippen LogP contribution is -2.20. The van der Waals surface area contributed by atoms with E-state index in [1.54, 1.807) is 19.4 Å². The van der Waals surface area contributed by atoms with Gasteiger partial charge in [0, 0.05) is 5.02 Å². The number of carbonyl (C=O) groups excluding carboxylic acids is 1. The molecule has 0 radical (unpaired) electrons. The summed E-state index contributed by atoms with van der Waals surface area (Å²) < 4.78 is 12.1. The van der Waals surface area contributed by atoms with E-state index in [0.29, 0.717) is 27.6 Å². The molecule has 32 heavy (non-hydrogen) atoms. The maximum atomic E-state index is 12.2. The first-order valence-corrected chi connectivity index (χ1v) is 11.2. The Balaban J connectivity index is 1.63. The quantitative estimate of drug-likeness (QED) is 0.296. The van der Waals surface area contributed by atoms with Crippen molar-refractivity contribution in [3.8, 4) is 11.5 Å². The number of rotatable bonds is 8. The van der Waals surface area contributed by atoms with Gasteiger partial charge in [-0.25, -0.2) is 5.43 Å². The zero-order chi connectivity index (χ0) is 23.1. The minimum Gasteiger partial charge on any atom is -0.493 e. The Bertz CT molecular complexity index is 1130. The largest absolute Gasteiger partial charge is 0.493 e. The smallest absolute Gasteiger partial charge is 0.244 e. The zero-order valence-electron chi connectivity index (χ0n) is 18.1. The van der Waals surface area contributed by atoms with Crippen molar-refractivity contribution in [1.29, 1.82) is 0 Å². The standard InChI is InChI=1S/C25H24BrClN2O3/c1-16-4-7-20(17(2)10-16)13-24(30)29-28-14-19-11-22(26)25(23(12-19)31-3)32-15-18-5-8-21(27)9-6-18/h4-12,14H,13,15H2,1-3H3,(H,29,30)/b28-14-. The molecule has 0 fully saturated rings. The van der Waals surface area contributed by atoms with Crippen molar-refractivity contribution in [2.24, 2.45) is 5.10 Å². The van der Waals surface area contributed by atoms with E-state index in [-0.39, 0.29) is 12.3 Å². The number of ether oxygens (including phenoxy) is 2. The molecule has 0 aliphatic rings. The fraction of sp³-hybridized carbons (Fsp3) is 0.200. The molecule has 1 N–H and O–H groups in total. The van der Waals surface area contributed by atoms with Gasteiger partial charge in [0.15, 0.2) is 11.5 Å². The predicted octanol–water partition coefficient (Wildman–Crippen LogP) is 6.00. The molecule has 166 valence electrons. The lowest BCUT2D eigenvalue weighted by molar-refractivity contribution is -0.120. The first-order valence-electron chi connectivity index (χ1n) is 9.98. The molecule has 5 nitrogen and oxygen atoms in total. The molecule has 3 rings (SSSR count). The van der Waals surface area contributed by atoms with Gasteiger partial charge in [0.05, 0.1) is 24.2 Å². The maximum absolute atomic E-state index is 12.2. The molecule has 0 aliphatic heterocycles. The van der Waals surface area contributed by atoms with Crippen molar-refractivity contribution >= 4 is 39.7 Å². The van der Waals surface area contributed by atoms with E-state index in [1.807, 2.05) is 56.3 Å². The summed E-state index contributed by atoms with van der Waals surface area (Å²) in [4.78, 5) is 12.2. The SMILES string of the molecule is COc1cc(/C=N\NC(=O)Cc2ccc(C)cc2C)cc(Br)c1OCc1ccc(Cl)cc1. The fourth-order valence-corrected chi connectivity index (χ4v) is 3.83. The predicted molar refractivity (Wildman–Crippen MR) is 132 cm³/mol. The van der Waals surface area contributed by atoms with Crippen LogP contribution in [0, 0.1) is 13.8 Å². The summed E-state index contributed by atoms with van der Waals surface area (Å²) in [5.41, 5.74) is 7.55. The van der Waals surface area contributed by atoms with E-state index in [0.717, 1.165) is 22.3 Å². The van der Waals surface area contributed by atoms with Gasteiger partial charge in [0.25, 0.3) is 0 Å². The van der Waals surface area contributed by atoms with Crippen molar-refractivity contribution in [2.75, 3.05) is 7.11 Å². The van der Waals surface area contributed by atoms with Crippen molar-refractivity contribution < 1.29 is 14.3 Å². The van der Waals surface area contributed by atoms with Gasteiger partial charge in [-0.15, -0.1) is 0 Å². The number of methoxy groups -OCH3 is 1. The summed E-state index contributed by atoms with van der Waals surface area (Å²) in [6, 6.07) is 17.1. The number of hydrazone groups is 1. The highest BCUT2D eigenvalue weighted by molar-refractivity contribution is 9.10. The van der Waals surface area contributed by atoms with Crippen LogP contribution in [0.25, 0.3) is 0 Å². The summed E-state index contributed by atoms with van der Waals surface area (Å²) in [5, 5.41) is 4.76. The Hall–Kier alpha value is -2.83. The zero-order valence-corrected chi connectivity index (χ0v) is 20.5. The summed E-state index contributed by atoms with van der Waals surface area (Å²) >= 11 is 9.45. The molecule has 0 spiro atoms. The highest BCUT2D eigenvalue weighted by Crippen LogP contribution is 2.36. The Morgan fingerprint density at radius 2 is 1.88 bits per heavy atom. The van der Waals surface area contributed by atoms with Crippen molar-refractivity contribution in [2.45, 2.75) is 26.9 Å². The molecule has 3 aromatic rings. The van der Waals surface area contributed by atoms with Crippen LogP contribution >= 0.6 is 27.5 Å². The second-order valence-corrected chi connectivity index (χ2v) is 8.64. The van der Waals surface area contributed by atoms with Gasteiger partial charge < -0.3 is 9.47 Å². The number of nitrogens with zero attached hydrogens (tertiary/aromatic N) is 1. The number of aryl methyl sites for hydroxylation is 2. The topological polar surface area (TPSA) is 59.9 Å². The van der Waals surface area contributed by atoms with Crippen LogP contribution in [-0.2, 0) is 17.8 Å². The van der Waals surface area contributed by atoms with Crippen LogP contribution in [0.5, 0.6) is 11.5 Å². The Morgan fingerprint density at radius 1 is 1.12 bits per heavy atom. The third-order valence-corrected chi connectivity index (χ3v) is 5.64. The monoisotopic (exact) mass is 514 g/mol. The highest BCUT2D eigenvalue weighted by atomic mass is 79.9. The number of amides is 1. The van der Waals surface area contributed by atoms with Crippen molar-refractivity contribution in [3.05, 3.63) is 91.9 Å². The summed E-state index contributed by atoms with van der Waals surface area (Å²) in [6.45, 7) is 4.40. The van der Waals surface area contributed by atoms with Crippen molar-refractivity contribution in [1.82, 2.24) is 5.43 Å². The highest BCUT2D eigenvalue weighted by Gasteiger charge is 2.12. The fourth-order valence-electron chi connectivity index (χ4n) is 3.13. The van der Waals surface area contributed by atoms with Crippen LogP contribution in [0.4, 0.5) is 0 Å². The number of hydrogen-bond donors (Lipinski definition) is 1. The van der Waals surface area contributed by atoms with Gasteiger partial charge >= 0.3 is 0 Å². The Labute approximate surface area is 201 Å². The average Bonchev–Trinajstić information content (AvgIpc) is 2.76. The van der Waals surface area contributed by atoms with Gasteiger partial charge in [0.1, 0.15) is 6.61 Å². The first-order chi connectivity index (χ1) is 15.4. The number of carbonyl (C=O) groups is 1. The molecule has 7 heteroatoms. The Kier molecular flexibility index (Phi) is 8.31. The summed E-state index contributed by atoms with van der Waals surface area (Å²) in [7, 11) is 1.57. The van der Waals surface area contributed by atoms with E-state index in [2.05, 4.69) is 32.5 Å². The number of nitrogens with one attached hydrogen (secondary N) is 1. The lowest BCUT2D eigenvalue weighted by atomic mass is 10.0.